The Hall–Kier alpha value is -3.39. The molecule has 1 aliphatic rings. The number of hydrogen-bond acceptors (Lipinski definition) is 6. The number of aromatic nitrogens is 2. The lowest BCUT2D eigenvalue weighted by Gasteiger charge is -2.22. The summed E-state index contributed by atoms with van der Waals surface area (Å²) in [6.45, 7) is 3.67. The quantitative estimate of drug-likeness (QED) is 0.403. The summed E-state index contributed by atoms with van der Waals surface area (Å²) in [5, 5.41) is 19.8. The molecule has 0 bridgehead atoms. The molecule has 1 aromatic heterocycles. The van der Waals surface area contributed by atoms with Gasteiger partial charge in [0.05, 0.1) is 11.6 Å². The normalized spacial score (nSPS) is 18.4. The summed E-state index contributed by atoms with van der Waals surface area (Å²) >= 11 is 1.18. The number of ketones is 1. The van der Waals surface area contributed by atoms with E-state index in [1.807, 2.05) is 19.1 Å². The first-order chi connectivity index (χ1) is 13.9. The number of benzene rings is 2. The Kier molecular flexibility index (Phi) is 4.71. The molecule has 3 aromatic rings. The second kappa shape index (κ2) is 7.21. The maximum Gasteiger partial charge on any atom is 0.301 e. The topological polar surface area (TPSA) is 83.4 Å². The van der Waals surface area contributed by atoms with Gasteiger partial charge in [0.1, 0.15) is 16.6 Å². The predicted molar refractivity (Wildman–Crippen MR) is 107 cm³/mol. The molecule has 1 fully saturated rings. The van der Waals surface area contributed by atoms with Gasteiger partial charge in [0.2, 0.25) is 5.13 Å². The number of aryl methyl sites for hydroxylation is 2. The zero-order valence-corrected chi connectivity index (χ0v) is 16.4. The van der Waals surface area contributed by atoms with Crippen LogP contribution in [0.5, 0.6) is 0 Å². The molecule has 0 radical (unpaired) electrons. The highest BCUT2D eigenvalue weighted by molar-refractivity contribution is 7.15. The van der Waals surface area contributed by atoms with Crippen molar-refractivity contribution in [1.82, 2.24) is 10.2 Å². The summed E-state index contributed by atoms with van der Waals surface area (Å²) in [7, 11) is 0. The summed E-state index contributed by atoms with van der Waals surface area (Å²) < 4.78 is 13.3. The Morgan fingerprint density at radius 2 is 1.69 bits per heavy atom. The third kappa shape index (κ3) is 3.31. The van der Waals surface area contributed by atoms with Gasteiger partial charge >= 0.3 is 5.91 Å². The van der Waals surface area contributed by atoms with Gasteiger partial charge in [0.25, 0.3) is 5.78 Å². The summed E-state index contributed by atoms with van der Waals surface area (Å²) in [5.41, 5.74) is 1.83. The van der Waals surface area contributed by atoms with Gasteiger partial charge in [-0.2, -0.15) is 0 Å². The number of carbonyl (C=O) groups is 2. The van der Waals surface area contributed by atoms with E-state index in [0.717, 1.165) is 5.56 Å². The van der Waals surface area contributed by atoms with E-state index in [1.165, 1.54) is 40.5 Å². The first-order valence-electron chi connectivity index (χ1n) is 8.80. The minimum atomic E-state index is -0.868. The Balaban J connectivity index is 1.93. The van der Waals surface area contributed by atoms with Crippen molar-refractivity contribution in [3.05, 3.63) is 81.6 Å². The molecule has 4 rings (SSSR count). The number of amides is 1. The van der Waals surface area contributed by atoms with E-state index in [9.17, 15) is 19.1 Å². The third-order valence-electron chi connectivity index (χ3n) is 4.68. The van der Waals surface area contributed by atoms with Crippen LogP contribution >= 0.6 is 11.3 Å². The molecule has 1 atom stereocenters. The molecule has 0 unspecified atom stereocenters. The van der Waals surface area contributed by atoms with Crippen LogP contribution in [0.2, 0.25) is 0 Å². The third-order valence-corrected chi connectivity index (χ3v) is 5.51. The number of nitrogens with zero attached hydrogens (tertiary/aromatic N) is 3. The van der Waals surface area contributed by atoms with Gasteiger partial charge in [-0.05, 0) is 43.7 Å². The summed E-state index contributed by atoms with van der Waals surface area (Å²) in [6.07, 6.45) is 0. The monoisotopic (exact) mass is 409 g/mol. The maximum absolute atomic E-state index is 13.3. The zero-order chi connectivity index (χ0) is 20.7. The molecule has 29 heavy (non-hydrogen) atoms. The Morgan fingerprint density at radius 1 is 1.03 bits per heavy atom. The van der Waals surface area contributed by atoms with Crippen molar-refractivity contribution in [1.29, 1.82) is 0 Å². The number of anilines is 1. The molecule has 1 aliphatic heterocycles. The van der Waals surface area contributed by atoms with E-state index in [-0.39, 0.29) is 22.0 Å². The summed E-state index contributed by atoms with van der Waals surface area (Å²) in [6, 6.07) is 11.5. The van der Waals surface area contributed by atoms with Gasteiger partial charge in [0, 0.05) is 5.56 Å². The van der Waals surface area contributed by atoms with Crippen molar-refractivity contribution in [2.45, 2.75) is 19.9 Å². The standard InChI is InChI=1S/C21H16FN3O3S/c1-11-3-5-13(6-4-11)17-16(18(26)14-7-9-15(22)10-8-14)19(27)20(28)25(17)21-24-23-12(2)29-21/h3-10,17,26H,1-2H3/t17-/m0/s1. The number of halogens is 1. The highest BCUT2D eigenvalue weighted by Gasteiger charge is 2.48. The van der Waals surface area contributed by atoms with E-state index in [1.54, 1.807) is 19.1 Å². The van der Waals surface area contributed by atoms with Crippen LogP contribution in [0.4, 0.5) is 9.52 Å². The SMILES string of the molecule is Cc1ccc([C@H]2C(=C(O)c3ccc(F)cc3)C(=O)C(=O)N2c2nnc(C)s2)cc1. The number of carbonyl (C=O) groups excluding carboxylic acids is 2. The van der Waals surface area contributed by atoms with Crippen molar-refractivity contribution in [3.8, 4) is 0 Å². The van der Waals surface area contributed by atoms with Crippen molar-refractivity contribution < 1.29 is 19.1 Å². The number of Topliss-reactive ketones (excluding diaryl/α,β-unsaturated/α-hetero) is 1. The number of hydrogen-bond donors (Lipinski definition) is 1. The Morgan fingerprint density at radius 3 is 2.28 bits per heavy atom. The van der Waals surface area contributed by atoms with Gasteiger partial charge in [-0.1, -0.05) is 41.2 Å². The highest BCUT2D eigenvalue weighted by Crippen LogP contribution is 2.42. The first kappa shape index (κ1) is 18.9. The van der Waals surface area contributed by atoms with Crippen molar-refractivity contribution >= 4 is 33.9 Å². The molecule has 1 N–H and O–H groups in total. The lowest BCUT2D eigenvalue weighted by atomic mass is 9.95. The Bertz CT molecular complexity index is 1140. The zero-order valence-electron chi connectivity index (χ0n) is 15.6. The molecule has 6 nitrogen and oxygen atoms in total. The van der Waals surface area contributed by atoms with Crippen LogP contribution in [0.1, 0.15) is 27.7 Å². The van der Waals surface area contributed by atoms with Gasteiger partial charge in [-0.3, -0.25) is 14.5 Å². The highest BCUT2D eigenvalue weighted by atomic mass is 32.1. The Labute approximate surface area is 169 Å². The smallest absolute Gasteiger partial charge is 0.301 e. The van der Waals surface area contributed by atoms with E-state index < -0.39 is 23.5 Å². The van der Waals surface area contributed by atoms with E-state index in [0.29, 0.717) is 10.6 Å². The number of aliphatic hydroxyl groups is 1. The van der Waals surface area contributed by atoms with E-state index in [4.69, 9.17) is 0 Å². The second-order valence-electron chi connectivity index (χ2n) is 6.69. The van der Waals surface area contributed by atoms with E-state index in [2.05, 4.69) is 10.2 Å². The van der Waals surface area contributed by atoms with Crippen LogP contribution in [-0.4, -0.2) is 27.0 Å². The fourth-order valence-electron chi connectivity index (χ4n) is 3.24. The van der Waals surface area contributed by atoms with Crippen LogP contribution < -0.4 is 4.90 Å². The first-order valence-corrected chi connectivity index (χ1v) is 9.62. The average Bonchev–Trinajstić information content (AvgIpc) is 3.24. The van der Waals surface area contributed by atoms with Gasteiger partial charge in [0.15, 0.2) is 0 Å². The lowest BCUT2D eigenvalue weighted by molar-refractivity contribution is -0.132. The summed E-state index contributed by atoms with van der Waals surface area (Å²) in [4.78, 5) is 27.0. The van der Waals surface area contributed by atoms with Gasteiger partial charge < -0.3 is 5.11 Å². The fourth-order valence-corrected chi connectivity index (χ4v) is 3.95. The molecule has 0 spiro atoms. The molecule has 0 saturated carbocycles. The van der Waals surface area contributed by atoms with Gasteiger partial charge in [-0.15, -0.1) is 10.2 Å². The van der Waals surface area contributed by atoms with E-state index >= 15 is 0 Å². The van der Waals surface area contributed by atoms with Crippen LogP contribution in [0.25, 0.3) is 5.76 Å². The molecule has 2 aromatic carbocycles. The largest absolute Gasteiger partial charge is 0.507 e. The van der Waals surface area contributed by atoms with Crippen LogP contribution in [0.15, 0.2) is 54.1 Å². The molecule has 146 valence electrons. The molecule has 1 amide bonds. The molecule has 1 saturated heterocycles. The number of aliphatic hydroxyl groups excluding tert-OH is 1. The van der Waals surface area contributed by atoms with Crippen LogP contribution in [0.3, 0.4) is 0 Å². The second-order valence-corrected chi connectivity index (χ2v) is 7.85. The number of rotatable bonds is 3. The molecule has 8 heteroatoms. The molecular formula is C21H16FN3O3S. The molecule has 2 heterocycles. The molecular weight excluding hydrogens is 393 g/mol. The van der Waals surface area contributed by atoms with Crippen LogP contribution in [0, 0.1) is 19.7 Å². The molecule has 0 aliphatic carbocycles. The maximum atomic E-state index is 13.3. The minimum Gasteiger partial charge on any atom is -0.507 e. The summed E-state index contributed by atoms with van der Waals surface area (Å²) in [5.74, 6) is -2.46. The minimum absolute atomic E-state index is 0.0710. The van der Waals surface area contributed by atoms with Crippen LogP contribution in [-0.2, 0) is 9.59 Å². The van der Waals surface area contributed by atoms with Crippen molar-refractivity contribution in [2.24, 2.45) is 0 Å². The van der Waals surface area contributed by atoms with Crippen molar-refractivity contribution in [2.75, 3.05) is 4.90 Å². The van der Waals surface area contributed by atoms with Gasteiger partial charge in [-0.25, -0.2) is 4.39 Å². The van der Waals surface area contributed by atoms with Crippen molar-refractivity contribution in [3.63, 3.8) is 0 Å². The lowest BCUT2D eigenvalue weighted by Crippen LogP contribution is -2.29. The predicted octanol–water partition coefficient (Wildman–Crippen LogP) is 3.92. The fraction of sp³-hybridized carbons (Fsp3) is 0.143. The average molecular weight is 409 g/mol.